The van der Waals surface area contributed by atoms with Crippen LogP contribution in [0.15, 0.2) is 61.1 Å². The summed E-state index contributed by atoms with van der Waals surface area (Å²) in [5.74, 6) is 0.813. The van der Waals surface area contributed by atoms with Gasteiger partial charge >= 0.3 is 0 Å². The maximum absolute atomic E-state index is 12.4. The number of benzene rings is 1. The second kappa shape index (κ2) is 9.90. The number of aryl methyl sites for hydroxylation is 1. The highest BCUT2D eigenvalue weighted by Crippen LogP contribution is 2.29. The van der Waals surface area contributed by atoms with Crippen LogP contribution in [0.25, 0.3) is 11.0 Å². The first kappa shape index (κ1) is 21.3. The fourth-order valence-electron chi connectivity index (χ4n) is 3.42. The molecule has 0 aliphatic rings. The van der Waals surface area contributed by atoms with E-state index in [0.717, 1.165) is 28.1 Å². The molecule has 4 rings (SSSR count). The third kappa shape index (κ3) is 5.40. The highest BCUT2D eigenvalue weighted by molar-refractivity contribution is 6.42. The van der Waals surface area contributed by atoms with E-state index >= 15 is 0 Å². The van der Waals surface area contributed by atoms with E-state index in [1.165, 1.54) is 0 Å². The molecule has 3 aromatic heterocycles. The highest BCUT2D eigenvalue weighted by atomic mass is 35.5. The molecular weight excluding hydrogens is 433 g/mol. The molecule has 0 saturated heterocycles. The molecule has 0 bridgehead atoms. The molecule has 3 heterocycles. The minimum absolute atomic E-state index is 0.0230. The SMILES string of the molecule is O=C(CCn1c(Cc2cccnc2)nc2cc(Cl)c(Cl)cc21)NCCc1ccccn1. The molecule has 1 aromatic carbocycles. The van der Waals surface area contributed by atoms with E-state index in [0.29, 0.717) is 42.4 Å². The molecule has 0 aliphatic carbocycles. The summed E-state index contributed by atoms with van der Waals surface area (Å²) in [6.45, 7) is 1.03. The molecule has 0 unspecified atom stereocenters. The Balaban J connectivity index is 1.47. The average Bonchev–Trinajstić information content (AvgIpc) is 3.09. The van der Waals surface area contributed by atoms with Gasteiger partial charge in [0.25, 0.3) is 0 Å². The number of nitrogens with zero attached hydrogens (tertiary/aromatic N) is 4. The topological polar surface area (TPSA) is 72.7 Å². The van der Waals surface area contributed by atoms with E-state index in [1.807, 2.05) is 41.1 Å². The number of hydrogen-bond donors (Lipinski definition) is 1. The van der Waals surface area contributed by atoms with E-state index in [9.17, 15) is 4.79 Å². The molecule has 0 spiro atoms. The zero-order chi connectivity index (χ0) is 21.6. The Morgan fingerprint density at radius 1 is 1.06 bits per heavy atom. The van der Waals surface area contributed by atoms with Gasteiger partial charge in [-0.25, -0.2) is 4.98 Å². The number of imidazole rings is 1. The second-order valence-corrected chi connectivity index (χ2v) is 7.96. The predicted molar refractivity (Wildman–Crippen MR) is 122 cm³/mol. The van der Waals surface area contributed by atoms with Gasteiger partial charge in [0.15, 0.2) is 0 Å². The van der Waals surface area contributed by atoms with Gasteiger partial charge in [0.2, 0.25) is 5.91 Å². The Morgan fingerprint density at radius 3 is 2.71 bits per heavy atom. The van der Waals surface area contributed by atoms with Gasteiger partial charge in [-0.1, -0.05) is 35.3 Å². The van der Waals surface area contributed by atoms with E-state index in [1.54, 1.807) is 24.5 Å². The summed E-state index contributed by atoms with van der Waals surface area (Å²) in [5.41, 5.74) is 3.60. The lowest BCUT2D eigenvalue weighted by atomic mass is 10.2. The standard InChI is InChI=1S/C23H21Cl2N5O/c24-18-13-20-21(14-19(18)25)30(22(29-20)12-16-4-3-8-26-15-16)11-7-23(31)28-10-6-17-5-1-2-9-27-17/h1-5,8-9,13-15H,6-7,10-12H2,(H,28,31). The molecule has 0 aliphatic heterocycles. The van der Waals surface area contributed by atoms with Crippen molar-refractivity contribution >= 4 is 40.1 Å². The molecule has 1 amide bonds. The molecule has 6 nitrogen and oxygen atoms in total. The van der Waals surface area contributed by atoms with Crippen molar-refractivity contribution in [2.45, 2.75) is 25.8 Å². The number of fused-ring (bicyclic) bond motifs is 1. The first-order valence-corrected chi connectivity index (χ1v) is 10.8. The van der Waals surface area contributed by atoms with Crippen LogP contribution >= 0.6 is 23.2 Å². The predicted octanol–water partition coefficient (Wildman–Crippen LogP) is 4.47. The largest absolute Gasteiger partial charge is 0.356 e. The van der Waals surface area contributed by atoms with E-state index in [4.69, 9.17) is 28.2 Å². The van der Waals surface area contributed by atoms with Gasteiger partial charge < -0.3 is 9.88 Å². The van der Waals surface area contributed by atoms with Crippen molar-refractivity contribution < 1.29 is 4.79 Å². The fraction of sp³-hybridized carbons (Fsp3) is 0.217. The maximum Gasteiger partial charge on any atom is 0.221 e. The maximum atomic E-state index is 12.4. The minimum Gasteiger partial charge on any atom is -0.356 e. The lowest BCUT2D eigenvalue weighted by Gasteiger charge is -2.10. The number of pyridine rings is 2. The average molecular weight is 454 g/mol. The Kier molecular flexibility index (Phi) is 6.79. The molecule has 31 heavy (non-hydrogen) atoms. The lowest BCUT2D eigenvalue weighted by molar-refractivity contribution is -0.121. The molecular formula is C23H21Cl2N5O. The van der Waals surface area contributed by atoms with Crippen molar-refractivity contribution in [2.24, 2.45) is 0 Å². The molecule has 4 aromatic rings. The Labute approximate surface area is 190 Å². The summed E-state index contributed by atoms with van der Waals surface area (Å²) in [7, 11) is 0. The summed E-state index contributed by atoms with van der Waals surface area (Å²) < 4.78 is 2.03. The summed E-state index contributed by atoms with van der Waals surface area (Å²) in [6.07, 6.45) is 6.92. The van der Waals surface area contributed by atoms with Crippen LogP contribution in [0.5, 0.6) is 0 Å². The molecule has 0 fully saturated rings. The molecule has 1 N–H and O–H groups in total. The number of amides is 1. The number of carbonyl (C=O) groups is 1. The highest BCUT2D eigenvalue weighted by Gasteiger charge is 2.15. The summed E-state index contributed by atoms with van der Waals surface area (Å²) in [5, 5.41) is 3.88. The van der Waals surface area contributed by atoms with Gasteiger partial charge in [-0.3, -0.25) is 14.8 Å². The molecule has 0 radical (unpaired) electrons. The minimum atomic E-state index is -0.0230. The fourth-order valence-corrected chi connectivity index (χ4v) is 3.73. The first-order chi connectivity index (χ1) is 15.1. The van der Waals surface area contributed by atoms with Crippen LogP contribution in [0, 0.1) is 0 Å². The van der Waals surface area contributed by atoms with Gasteiger partial charge in [0.1, 0.15) is 5.82 Å². The van der Waals surface area contributed by atoms with Crippen LogP contribution in [0.3, 0.4) is 0 Å². The van der Waals surface area contributed by atoms with Crippen molar-refractivity contribution in [2.75, 3.05) is 6.54 Å². The summed E-state index contributed by atoms with van der Waals surface area (Å²) in [4.78, 5) is 25.6. The zero-order valence-electron chi connectivity index (χ0n) is 16.8. The first-order valence-electron chi connectivity index (χ1n) is 10.00. The zero-order valence-corrected chi connectivity index (χ0v) is 18.3. The third-order valence-electron chi connectivity index (χ3n) is 4.95. The molecule has 0 saturated carbocycles. The summed E-state index contributed by atoms with van der Waals surface area (Å²) in [6, 6.07) is 13.2. The smallest absolute Gasteiger partial charge is 0.221 e. The number of nitrogens with one attached hydrogen (secondary N) is 1. The Bertz CT molecular complexity index is 1180. The van der Waals surface area contributed by atoms with Gasteiger partial charge in [-0.05, 0) is 35.9 Å². The van der Waals surface area contributed by atoms with Crippen molar-refractivity contribution in [3.63, 3.8) is 0 Å². The van der Waals surface area contributed by atoms with E-state index in [2.05, 4.69) is 15.3 Å². The lowest BCUT2D eigenvalue weighted by Crippen LogP contribution is -2.27. The molecule has 8 heteroatoms. The van der Waals surface area contributed by atoms with Crippen LogP contribution in [0.4, 0.5) is 0 Å². The number of halogens is 2. The summed E-state index contributed by atoms with van der Waals surface area (Å²) >= 11 is 12.4. The number of hydrogen-bond acceptors (Lipinski definition) is 4. The second-order valence-electron chi connectivity index (χ2n) is 7.14. The monoisotopic (exact) mass is 453 g/mol. The van der Waals surface area contributed by atoms with Crippen LogP contribution < -0.4 is 5.32 Å². The van der Waals surface area contributed by atoms with Crippen molar-refractivity contribution in [3.05, 3.63) is 88.2 Å². The quantitative estimate of drug-likeness (QED) is 0.426. The molecule has 158 valence electrons. The van der Waals surface area contributed by atoms with Crippen LogP contribution in [0.2, 0.25) is 10.0 Å². The Morgan fingerprint density at radius 2 is 1.94 bits per heavy atom. The van der Waals surface area contributed by atoms with Gasteiger partial charge in [-0.15, -0.1) is 0 Å². The third-order valence-corrected chi connectivity index (χ3v) is 5.67. The number of aromatic nitrogens is 4. The van der Waals surface area contributed by atoms with Crippen LogP contribution in [0.1, 0.15) is 23.5 Å². The van der Waals surface area contributed by atoms with Crippen molar-refractivity contribution in [1.82, 2.24) is 24.8 Å². The van der Waals surface area contributed by atoms with Crippen molar-refractivity contribution in [3.8, 4) is 0 Å². The van der Waals surface area contributed by atoms with Gasteiger partial charge in [0, 0.05) is 56.6 Å². The normalized spacial score (nSPS) is 11.0. The van der Waals surface area contributed by atoms with Crippen LogP contribution in [-0.4, -0.2) is 32.0 Å². The van der Waals surface area contributed by atoms with Gasteiger partial charge in [-0.2, -0.15) is 0 Å². The Hall–Kier alpha value is -2.96. The van der Waals surface area contributed by atoms with E-state index in [-0.39, 0.29) is 5.91 Å². The van der Waals surface area contributed by atoms with Crippen molar-refractivity contribution in [1.29, 1.82) is 0 Å². The van der Waals surface area contributed by atoms with E-state index < -0.39 is 0 Å². The van der Waals surface area contributed by atoms with Crippen LogP contribution in [-0.2, 0) is 24.2 Å². The molecule has 0 atom stereocenters. The number of rotatable bonds is 8. The van der Waals surface area contributed by atoms with Gasteiger partial charge in [0.05, 0.1) is 21.1 Å². The number of carbonyl (C=O) groups excluding carboxylic acids is 1.